The molecule has 15 heavy (non-hydrogen) atoms. The van der Waals surface area contributed by atoms with Crippen molar-refractivity contribution in [3.8, 4) is 0 Å². The summed E-state index contributed by atoms with van der Waals surface area (Å²) in [5.41, 5.74) is 4.30. The maximum Gasteiger partial charge on any atom is 0.405 e. The third kappa shape index (κ3) is 3.35. The Bertz CT molecular complexity index is 344. The molecule has 1 aliphatic rings. The summed E-state index contributed by atoms with van der Waals surface area (Å²) in [4.78, 5) is 10.6. The Morgan fingerprint density at radius 1 is 1.40 bits per heavy atom. The van der Waals surface area contributed by atoms with E-state index in [-0.39, 0.29) is 0 Å². The second-order valence-electron chi connectivity index (χ2n) is 4.03. The summed E-state index contributed by atoms with van der Waals surface area (Å²) in [6, 6.07) is 0. The first kappa shape index (κ1) is 12.3. The van der Waals surface area contributed by atoms with Gasteiger partial charge >= 0.3 is 6.09 Å². The normalized spacial score (nSPS) is 22.3. The fourth-order valence-electron chi connectivity index (χ4n) is 1.64. The minimum Gasteiger partial charge on any atom is -0.443 e. The van der Waals surface area contributed by atoms with Crippen LogP contribution >= 0.6 is 0 Å². The van der Waals surface area contributed by atoms with Crippen LogP contribution in [0.1, 0.15) is 19.8 Å². The molecule has 1 aliphatic heterocycles. The van der Waals surface area contributed by atoms with Gasteiger partial charge in [0.2, 0.25) is 10.0 Å². The van der Waals surface area contributed by atoms with Gasteiger partial charge in [-0.1, -0.05) is 0 Å². The number of amides is 1. The molecule has 1 amide bonds. The van der Waals surface area contributed by atoms with Gasteiger partial charge in [-0.25, -0.2) is 17.5 Å². The summed E-state index contributed by atoms with van der Waals surface area (Å²) in [5.74, 6) is 0. The molecule has 0 aliphatic carbocycles. The van der Waals surface area contributed by atoms with Gasteiger partial charge in [0.25, 0.3) is 0 Å². The van der Waals surface area contributed by atoms with Crippen LogP contribution in [-0.2, 0) is 14.8 Å². The number of nitrogens with zero attached hydrogens (tertiary/aromatic N) is 1. The summed E-state index contributed by atoms with van der Waals surface area (Å²) in [7, 11) is -3.14. The second kappa shape index (κ2) is 3.97. The van der Waals surface area contributed by atoms with E-state index in [0.717, 1.165) is 0 Å². The number of nitrogens with two attached hydrogens (primary N) is 1. The van der Waals surface area contributed by atoms with Gasteiger partial charge in [0.1, 0.15) is 5.60 Å². The van der Waals surface area contributed by atoms with E-state index in [2.05, 4.69) is 0 Å². The zero-order valence-corrected chi connectivity index (χ0v) is 9.71. The fraction of sp³-hybridized carbons (Fsp3) is 0.875. The Kier molecular flexibility index (Phi) is 3.25. The van der Waals surface area contributed by atoms with Crippen molar-refractivity contribution in [2.24, 2.45) is 5.73 Å². The number of carbonyl (C=O) groups excluding carboxylic acids is 1. The predicted octanol–water partition coefficient (Wildman–Crippen LogP) is -0.104. The molecule has 0 spiro atoms. The lowest BCUT2D eigenvalue weighted by Gasteiger charge is -2.37. The highest BCUT2D eigenvalue weighted by Gasteiger charge is 2.35. The van der Waals surface area contributed by atoms with Crippen LogP contribution in [0.25, 0.3) is 0 Å². The first-order valence-corrected chi connectivity index (χ1v) is 6.51. The molecule has 6 nitrogen and oxygen atoms in total. The van der Waals surface area contributed by atoms with Crippen LogP contribution in [-0.4, -0.2) is 43.8 Å². The van der Waals surface area contributed by atoms with Crippen molar-refractivity contribution < 1.29 is 17.9 Å². The highest BCUT2D eigenvalue weighted by atomic mass is 32.2. The molecule has 1 fully saturated rings. The highest BCUT2D eigenvalue weighted by molar-refractivity contribution is 7.88. The largest absolute Gasteiger partial charge is 0.443 e. The highest BCUT2D eigenvalue weighted by Crippen LogP contribution is 2.26. The van der Waals surface area contributed by atoms with Crippen LogP contribution in [0.4, 0.5) is 4.79 Å². The molecule has 1 heterocycles. The van der Waals surface area contributed by atoms with E-state index in [1.54, 1.807) is 6.92 Å². The molecular formula is C8H16N2O4S. The molecule has 1 rings (SSSR count). The van der Waals surface area contributed by atoms with Gasteiger partial charge in [0.05, 0.1) is 6.26 Å². The van der Waals surface area contributed by atoms with Gasteiger partial charge in [0, 0.05) is 25.9 Å². The van der Waals surface area contributed by atoms with Crippen molar-refractivity contribution >= 4 is 16.1 Å². The summed E-state index contributed by atoms with van der Waals surface area (Å²) in [5, 5.41) is 0. The first-order chi connectivity index (χ1) is 6.73. The third-order valence-corrected chi connectivity index (χ3v) is 3.90. The van der Waals surface area contributed by atoms with Crippen LogP contribution in [0.15, 0.2) is 0 Å². The van der Waals surface area contributed by atoms with Gasteiger partial charge in [-0.15, -0.1) is 0 Å². The fourth-order valence-corrected chi connectivity index (χ4v) is 2.48. The van der Waals surface area contributed by atoms with Crippen molar-refractivity contribution in [3.05, 3.63) is 0 Å². The van der Waals surface area contributed by atoms with Crippen molar-refractivity contribution in [2.75, 3.05) is 19.3 Å². The SMILES string of the molecule is CC1(OC(N)=O)CCN(S(C)(=O)=O)CC1. The van der Waals surface area contributed by atoms with Crippen LogP contribution in [0, 0.1) is 0 Å². The summed E-state index contributed by atoms with van der Waals surface area (Å²) < 4.78 is 28.8. The average Bonchev–Trinajstić information content (AvgIpc) is 2.00. The Morgan fingerprint density at radius 3 is 2.20 bits per heavy atom. The van der Waals surface area contributed by atoms with Crippen LogP contribution in [0.5, 0.6) is 0 Å². The van der Waals surface area contributed by atoms with Crippen LogP contribution in [0.2, 0.25) is 0 Å². The third-order valence-electron chi connectivity index (χ3n) is 2.60. The topological polar surface area (TPSA) is 89.7 Å². The second-order valence-corrected chi connectivity index (χ2v) is 6.02. The Hall–Kier alpha value is -0.820. The van der Waals surface area contributed by atoms with E-state index in [1.807, 2.05) is 0 Å². The van der Waals surface area contributed by atoms with Crippen molar-refractivity contribution in [1.29, 1.82) is 0 Å². The maximum atomic E-state index is 11.2. The minimum absolute atomic E-state index is 0.364. The van der Waals surface area contributed by atoms with Crippen LogP contribution < -0.4 is 5.73 Å². The molecule has 0 atom stereocenters. The standard InChI is InChI=1S/C8H16N2O4S/c1-8(14-7(9)11)3-5-10(6-4-8)15(2,12)13/h3-6H2,1-2H3,(H2,9,11). The molecular weight excluding hydrogens is 220 g/mol. The lowest BCUT2D eigenvalue weighted by atomic mass is 9.95. The van der Waals surface area contributed by atoms with Gasteiger partial charge in [0.15, 0.2) is 0 Å². The van der Waals surface area contributed by atoms with Crippen molar-refractivity contribution in [3.63, 3.8) is 0 Å². The lowest BCUT2D eigenvalue weighted by molar-refractivity contribution is -0.00415. The number of ether oxygens (including phenoxy) is 1. The quantitative estimate of drug-likeness (QED) is 0.724. The molecule has 0 aromatic rings. The molecule has 88 valence electrons. The number of carbonyl (C=O) groups is 1. The zero-order valence-electron chi connectivity index (χ0n) is 8.89. The molecule has 0 unspecified atom stereocenters. The zero-order chi connectivity index (χ0) is 11.7. The molecule has 2 N–H and O–H groups in total. The molecule has 1 saturated heterocycles. The number of primary amides is 1. The molecule has 0 aromatic heterocycles. The van der Waals surface area contributed by atoms with E-state index in [9.17, 15) is 13.2 Å². The monoisotopic (exact) mass is 236 g/mol. The first-order valence-electron chi connectivity index (χ1n) is 4.66. The summed E-state index contributed by atoms with van der Waals surface area (Å²) >= 11 is 0. The van der Waals surface area contributed by atoms with Crippen molar-refractivity contribution in [2.45, 2.75) is 25.4 Å². The molecule has 7 heteroatoms. The van der Waals surface area contributed by atoms with Gasteiger partial charge in [-0.3, -0.25) is 0 Å². The summed E-state index contributed by atoms with van der Waals surface area (Å²) in [6.45, 7) is 2.49. The number of hydrogen-bond acceptors (Lipinski definition) is 4. The van der Waals surface area contributed by atoms with Gasteiger partial charge in [-0.05, 0) is 6.92 Å². The number of rotatable bonds is 2. The van der Waals surface area contributed by atoms with Gasteiger partial charge in [-0.2, -0.15) is 0 Å². The number of piperidine rings is 1. The van der Waals surface area contributed by atoms with E-state index in [4.69, 9.17) is 10.5 Å². The Morgan fingerprint density at radius 2 is 1.87 bits per heavy atom. The van der Waals surface area contributed by atoms with Crippen LogP contribution in [0.3, 0.4) is 0 Å². The van der Waals surface area contributed by atoms with Crippen molar-refractivity contribution in [1.82, 2.24) is 4.31 Å². The molecule has 0 saturated carbocycles. The number of sulfonamides is 1. The Balaban J connectivity index is 2.59. The van der Waals surface area contributed by atoms with Gasteiger partial charge < -0.3 is 10.5 Å². The number of hydrogen-bond donors (Lipinski definition) is 1. The van der Waals surface area contributed by atoms with E-state index >= 15 is 0 Å². The molecule has 0 aromatic carbocycles. The van der Waals surface area contributed by atoms with E-state index in [0.29, 0.717) is 25.9 Å². The van der Waals surface area contributed by atoms with E-state index < -0.39 is 21.7 Å². The summed E-state index contributed by atoms with van der Waals surface area (Å²) in [6.07, 6.45) is 1.31. The predicted molar refractivity (Wildman–Crippen MR) is 54.7 cm³/mol. The Labute approximate surface area is 89.4 Å². The molecule has 0 bridgehead atoms. The lowest BCUT2D eigenvalue weighted by Crippen LogP contribution is -2.47. The molecule has 0 radical (unpaired) electrons. The smallest absolute Gasteiger partial charge is 0.405 e. The van der Waals surface area contributed by atoms with E-state index in [1.165, 1.54) is 10.6 Å². The minimum atomic E-state index is -3.14. The average molecular weight is 236 g/mol. The maximum absolute atomic E-state index is 11.2.